The normalized spacial score (nSPS) is 17.5. The van der Waals surface area contributed by atoms with E-state index >= 15 is 0 Å². The molecule has 1 aliphatic heterocycles. The number of hydrogen-bond acceptors (Lipinski definition) is 4. The molecule has 0 fully saturated rings. The van der Waals surface area contributed by atoms with Gasteiger partial charge in [0, 0.05) is 19.0 Å². The Morgan fingerprint density at radius 1 is 1.60 bits per heavy atom. The number of aryl methyl sites for hydroxylation is 1. The van der Waals surface area contributed by atoms with Gasteiger partial charge in [0.25, 0.3) is 5.91 Å². The molecule has 0 saturated carbocycles. The summed E-state index contributed by atoms with van der Waals surface area (Å²) in [5.74, 6) is 0.896. The summed E-state index contributed by atoms with van der Waals surface area (Å²) in [6.45, 7) is 1.93. The number of nitrogens with zero attached hydrogens (tertiary/aromatic N) is 2. The van der Waals surface area contributed by atoms with Crippen LogP contribution >= 0.6 is 0 Å². The summed E-state index contributed by atoms with van der Waals surface area (Å²) in [5.41, 5.74) is 0.840. The zero-order valence-electron chi connectivity index (χ0n) is 11.1. The zero-order chi connectivity index (χ0) is 14.3. The molecule has 104 valence electrons. The summed E-state index contributed by atoms with van der Waals surface area (Å²) >= 11 is 0. The molecule has 0 aliphatic carbocycles. The van der Waals surface area contributed by atoms with Crippen molar-refractivity contribution in [3.63, 3.8) is 0 Å². The lowest BCUT2D eigenvalue weighted by Crippen LogP contribution is -2.23. The Morgan fingerprint density at radius 2 is 2.40 bits per heavy atom. The molecule has 7 heteroatoms. The second-order valence-electron chi connectivity index (χ2n) is 4.82. The summed E-state index contributed by atoms with van der Waals surface area (Å²) in [6, 6.07) is 3.22. The van der Waals surface area contributed by atoms with Crippen molar-refractivity contribution in [2.75, 3.05) is 10.6 Å². The minimum absolute atomic E-state index is 0.000601. The molecule has 3 rings (SSSR count). The first-order valence-electron chi connectivity index (χ1n) is 6.28. The van der Waals surface area contributed by atoms with E-state index in [1.54, 1.807) is 23.9 Å². The summed E-state index contributed by atoms with van der Waals surface area (Å²) in [7, 11) is 1.72. The standard InChI is InChI=1S/C13H14N4O3/c1-7-6-9(18)14-12-10(7)11(16-17(12)2)15-13(19)8-4-3-5-20-8/h3-5,7H,6H2,1-2H3,(H,14,18)(H,15,16,19). The van der Waals surface area contributed by atoms with Crippen molar-refractivity contribution in [1.82, 2.24) is 9.78 Å². The fourth-order valence-electron chi connectivity index (χ4n) is 2.39. The minimum Gasteiger partial charge on any atom is -0.459 e. The second kappa shape index (κ2) is 4.52. The number of hydrogen-bond donors (Lipinski definition) is 2. The van der Waals surface area contributed by atoms with E-state index in [1.807, 2.05) is 6.92 Å². The third kappa shape index (κ3) is 1.97. The van der Waals surface area contributed by atoms with E-state index in [1.165, 1.54) is 6.26 Å². The van der Waals surface area contributed by atoms with Crippen LogP contribution in [-0.2, 0) is 11.8 Å². The molecule has 0 radical (unpaired) electrons. The summed E-state index contributed by atoms with van der Waals surface area (Å²) in [4.78, 5) is 23.6. The van der Waals surface area contributed by atoms with Crippen molar-refractivity contribution in [2.24, 2.45) is 7.05 Å². The molecular weight excluding hydrogens is 260 g/mol. The van der Waals surface area contributed by atoms with Gasteiger partial charge in [-0.05, 0) is 18.1 Å². The summed E-state index contributed by atoms with van der Waals surface area (Å²) in [5, 5.41) is 9.75. The molecule has 3 heterocycles. The lowest BCUT2D eigenvalue weighted by molar-refractivity contribution is -0.116. The molecular formula is C13H14N4O3. The summed E-state index contributed by atoms with van der Waals surface area (Å²) < 4.78 is 6.60. The molecule has 7 nitrogen and oxygen atoms in total. The van der Waals surface area contributed by atoms with Crippen LogP contribution in [0, 0.1) is 0 Å². The third-order valence-corrected chi connectivity index (χ3v) is 3.30. The van der Waals surface area contributed by atoms with Crippen molar-refractivity contribution in [3.8, 4) is 0 Å². The number of fused-ring (bicyclic) bond motifs is 1. The molecule has 0 bridgehead atoms. The maximum Gasteiger partial charge on any atom is 0.292 e. The van der Waals surface area contributed by atoms with Gasteiger partial charge in [0.2, 0.25) is 5.91 Å². The van der Waals surface area contributed by atoms with Crippen LogP contribution in [-0.4, -0.2) is 21.6 Å². The highest BCUT2D eigenvalue weighted by Gasteiger charge is 2.30. The van der Waals surface area contributed by atoms with E-state index in [-0.39, 0.29) is 23.5 Å². The van der Waals surface area contributed by atoms with Gasteiger partial charge >= 0.3 is 0 Å². The lowest BCUT2D eigenvalue weighted by atomic mass is 9.95. The molecule has 0 aromatic carbocycles. The zero-order valence-corrected chi connectivity index (χ0v) is 11.1. The first kappa shape index (κ1) is 12.5. The van der Waals surface area contributed by atoms with Crippen LogP contribution in [0.15, 0.2) is 22.8 Å². The lowest BCUT2D eigenvalue weighted by Gasteiger charge is -2.20. The third-order valence-electron chi connectivity index (χ3n) is 3.30. The van der Waals surface area contributed by atoms with Crippen molar-refractivity contribution < 1.29 is 14.0 Å². The number of carbonyl (C=O) groups is 2. The molecule has 2 N–H and O–H groups in total. The predicted molar refractivity (Wildman–Crippen MR) is 71.5 cm³/mol. The number of nitrogens with one attached hydrogen (secondary N) is 2. The van der Waals surface area contributed by atoms with E-state index in [0.29, 0.717) is 18.1 Å². The van der Waals surface area contributed by atoms with Crippen LogP contribution in [0.25, 0.3) is 0 Å². The average molecular weight is 274 g/mol. The van der Waals surface area contributed by atoms with Gasteiger partial charge in [-0.2, -0.15) is 5.10 Å². The maximum atomic E-state index is 12.0. The molecule has 2 aromatic rings. The predicted octanol–water partition coefficient (Wildman–Crippen LogP) is 1.71. The van der Waals surface area contributed by atoms with Gasteiger partial charge < -0.3 is 15.1 Å². The average Bonchev–Trinajstić information content (AvgIpc) is 2.99. The van der Waals surface area contributed by atoms with Crippen LogP contribution in [0.2, 0.25) is 0 Å². The van der Waals surface area contributed by atoms with E-state index in [9.17, 15) is 9.59 Å². The fraction of sp³-hybridized carbons (Fsp3) is 0.308. The number of aromatic nitrogens is 2. The van der Waals surface area contributed by atoms with Gasteiger partial charge in [0.05, 0.1) is 6.26 Å². The van der Waals surface area contributed by atoms with Crippen LogP contribution in [0.1, 0.15) is 35.4 Å². The van der Waals surface area contributed by atoms with E-state index in [4.69, 9.17) is 4.42 Å². The molecule has 20 heavy (non-hydrogen) atoms. The first-order chi connectivity index (χ1) is 9.56. The van der Waals surface area contributed by atoms with Crippen LogP contribution in [0.5, 0.6) is 0 Å². The van der Waals surface area contributed by atoms with Crippen LogP contribution in [0.4, 0.5) is 11.6 Å². The first-order valence-corrected chi connectivity index (χ1v) is 6.28. The van der Waals surface area contributed by atoms with E-state index in [0.717, 1.165) is 5.56 Å². The van der Waals surface area contributed by atoms with Crippen LogP contribution in [0.3, 0.4) is 0 Å². The van der Waals surface area contributed by atoms with Crippen molar-refractivity contribution in [1.29, 1.82) is 0 Å². The quantitative estimate of drug-likeness (QED) is 0.872. The molecule has 0 spiro atoms. The number of furan rings is 1. The van der Waals surface area contributed by atoms with Gasteiger partial charge in [-0.1, -0.05) is 6.92 Å². The minimum atomic E-state index is -0.361. The maximum absolute atomic E-state index is 12.0. The van der Waals surface area contributed by atoms with Crippen molar-refractivity contribution >= 4 is 23.5 Å². The number of rotatable bonds is 2. The highest BCUT2D eigenvalue weighted by molar-refractivity contribution is 6.03. The summed E-state index contributed by atoms with van der Waals surface area (Å²) in [6.07, 6.45) is 1.81. The van der Waals surface area contributed by atoms with Crippen LogP contribution < -0.4 is 10.6 Å². The molecule has 0 saturated heterocycles. The van der Waals surface area contributed by atoms with Gasteiger partial charge in [-0.3, -0.25) is 14.3 Å². The number of anilines is 2. The Balaban J connectivity index is 1.94. The number of amides is 2. The van der Waals surface area contributed by atoms with E-state index in [2.05, 4.69) is 15.7 Å². The van der Waals surface area contributed by atoms with Gasteiger partial charge in [-0.15, -0.1) is 0 Å². The number of carbonyl (C=O) groups excluding carboxylic acids is 2. The molecule has 1 atom stereocenters. The SMILES string of the molecule is CC1CC(=O)Nc2c1c(NC(=O)c1ccco1)nn2C. The topological polar surface area (TPSA) is 89.2 Å². The molecule has 1 unspecified atom stereocenters. The van der Waals surface area contributed by atoms with Gasteiger partial charge in [-0.25, -0.2) is 0 Å². The largest absolute Gasteiger partial charge is 0.459 e. The van der Waals surface area contributed by atoms with E-state index < -0.39 is 0 Å². The Labute approximate surface area is 114 Å². The highest BCUT2D eigenvalue weighted by Crippen LogP contribution is 2.36. The Hall–Kier alpha value is -2.57. The smallest absolute Gasteiger partial charge is 0.292 e. The Morgan fingerprint density at radius 3 is 3.10 bits per heavy atom. The van der Waals surface area contributed by atoms with Gasteiger partial charge in [0.15, 0.2) is 11.6 Å². The van der Waals surface area contributed by atoms with Crippen molar-refractivity contribution in [3.05, 3.63) is 29.7 Å². The second-order valence-corrected chi connectivity index (χ2v) is 4.82. The Kier molecular flexibility index (Phi) is 2.81. The van der Waals surface area contributed by atoms with Crippen molar-refractivity contribution in [2.45, 2.75) is 19.3 Å². The van der Waals surface area contributed by atoms with Gasteiger partial charge in [0.1, 0.15) is 5.82 Å². The molecule has 2 aromatic heterocycles. The molecule has 1 aliphatic rings. The monoisotopic (exact) mass is 274 g/mol. The molecule has 2 amide bonds. The highest BCUT2D eigenvalue weighted by atomic mass is 16.3. The Bertz CT molecular complexity index is 672. The fourth-order valence-corrected chi connectivity index (χ4v) is 2.39.